The van der Waals surface area contributed by atoms with E-state index >= 15 is 0 Å². The van der Waals surface area contributed by atoms with E-state index in [4.69, 9.17) is 9.47 Å². The molecule has 0 aliphatic carbocycles. The number of hydrogen-bond donors (Lipinski definition) is 2. The lowest BCUT2D eigenvalue weighted by Gasteiger charge is -2.09. The van der Waals surface area contributed by atoms with Crippen LogP contribution < -0.4 is 20.1 Å². The number of ether oxygens (including phenoxy) is 2. The van der Waals surface area contributed by atoms with Crippen molar-refractivity contribution in [1.82, 2.24) is 4.98 Å². The molecule has 0 aliphatic rings. The molecule has 0 spiro atoms. The maximum Gasteiger partial charge on any atom is 0.262 e. The van der Waals surface area contributed by atoms with E-state index in [0.29, 0.717) is 27.9 Å². The van der Waals surface area contributed by atoms with Crippen LogP contribution in [0.2, 0.25) is 0 Å². The fraction of sp³-hybridized carbons (Fsp3) is 0.0870. The summed E-state index contributed by atoms with van der Waals surface area (Å²) in [6, 6.07) is 17.6. The number of methoxy groups -OCH3 is 1. The lowest BCUT2D eigenvalue weighted by Crippen LogP contribution is -2.20. The molecule has 0 atom stereocenters. The van der Waals surface area contributed by atoms with Crippen LogP contribution in [-0.2, 0) is 4.79 Å². The largest absolute Gasteiger partial charge is 0.497 e. The van der Waals surface area contributed by atoms with Gasteiger partial charge < -0.3 is 14.8 Å². The highest BCUT2D eigenvalue weighted by molar-refractivity contribution is 7.16. The zero-order valence-electron chi connectivity index (χ0n) is 17.0. The fourth-order valence-electron chi connectivity index (χ4n) is 2.79. The van der Waals surface area contributed by atoms with Gasteiger partial charge in [-0.2, -0.15) is 0 Å². The third-order valence-electron chi connectivity index (χ3n) is 4.34. The van der Waals surface area contributed by atoms with Crippen LogP contribution in [0.1, 0.15) is 10.4 Å². The number of carbonyl (C=O) groups excluding carboxylic acids is 2. The van der Waals surface area contributed by atoms with Crippen molar-refractivity contribution in [3.63, 3.8) is 0 Å². The summed E-state index contributed by atoms with van der Waals surface area (Å²) in [5.41, 5.74) is 1.93. The molecule has 0 bridgehead atoms. The zero-order valence-corrected chi connectivity index (χ0v) is 18.7. The van der Waals surface area contributed by atoms with Crippen molar-refractivity contribution in [3.05, 3.63) is 77.0 Å². The van der Waals surface area contributed by atoms with Crippen LogP contribution in [0.15, 0.2) is 71.4 Å². The molecule has 2 aromatic heterocycles. The number of carbonyl (C=O) groups is 2. The Morgan fingerprint density at radius 3 is 2.56 bits per heavy atom. The number of nitrogens with zero attached hydrogens (tertiary/aromatic N) is 1. The summed E-state index contributed by atoms with van der Waals surface area (Å²) in [5.74, 6) is 0.569. The van der Waals surface area contributed by atoms with Gasteiger partial charge in [-0.25, -0.2) is 4.98 Å². The first-order chi connectivity index (χ1) is 15.6. The van der Waals surface area contributed by atoms with E-state index in [2.05, 4.69) is 15.6 Å². The van der Waals surface area contributed by atoms with Crippen LogP contribution in [0.25, 0.3) is 10.6 Å². The van der Waals surface area contributed by atoms with Gasteiger partial charge in [0.25, 0.3) is 11.8 Å². The van der Waals surface area contributed by atoms with Gasteiger partial charge in [0.05, 0.1) is 17.7 Å². The van der Waals surface area contributed by atoms with Gasteiger partial charge in [-0.15, -0.1) is 22.7 Å². The van der Waals surface area contributed by atoms with Gasteiger partial charge in [0.2, 0.25) is 0 Å². The summed E-state index contributed by atoms with van der Waals surface area (Å²) in [6.45, 7) is -0.159. The van der Waals surface area contributed by atoms with Crippen molar-refractivity contribution >= 4 is 45.3 Å². The summed E-state index contributed by atoms with van der Waals surface area (Å²) < 4.78 is 10.6. The second kappa shape index (κ2) is 10.1. The smallest absolute Gasteiger partial charge is 0.262 e. The molecule has 0 saturated carbocycles. The number of hydrogen-bond acceptors (Lipinski definition) is 7. The van der Waals surface area contributed by atoms with Gasteiger partial charge >= 0.3 is 0 Å². The van der Waals surface area contributed by atoms with Crippen LogP contribution in [0, 0.1) is 0 Å². The molecule has 0 saturated heterocycles. The van der Waals surface area contributed by atoms with E-state index in [9.17, 15) is 9.59 Å². The molecule has 0 aliphatic heterocycles. The number of thiophene rings is 1. The predicted molar refractivity (Wildman–Crippen MR) is 127 cm³/mol. The van der Waals surface area contributed by atoms with Crippen molar-refractivity contribution in [3.8, 4) is 22.1 Å². The summed E-state index contributed by atoms with van der Waals surface area (Å²) in [6.07, 6.45) is 0. The van der Waals surface area contributed by atoms with E-state index in [1.54, 1.807) is 67.0 Å². The molecule has 2 aromatic carbocycles. The number of nitrogens with one attached hydrogen (secondary N) is 2. The minimum absolute atomic E-state index is 0.159. The Balaban J connectivity index is 1.29. The number of aromatic nitrogens is 1. The fourth-order valence-corrected chi connectivity index (χ4v) is 4.25. The average molecular weight is 466 g/mol. The number of thiazole rings is 1. The van der Waals surface area contributed by atoms with Crippen molar-refractivity contribution in [1.29, 1.82) is 0 Å². The highest BCUT2D eigenvalue weighted by atomic mass is 32.1. The van der Waals surface area contributed by atoms with Crippen LogP contribution in [0.4, 0.5) is 10.8 Å². The van der Waals surface area contributed by atoms with Crippen LogP contribution in [-0.4, -0.2) is 30.5 Å². The van der Waals surface area contributed by atoms with Gasteiger partial charge in [-0.1, -0.05) is 12.1 Å². The highest BCUT2D eigenvalue weighted by Crippen LogP contribution is 2.28. The molecule has 2 amide bonds. The Hall–Kier alpha value is -3.69. The molecule has 0 fully saturated rings. The highest BCUT2D eigenvalue weighted by Gasteiger charge is 2.11. The third kappa shape index (κ3) is 5.51. The first kappa shape index (κ1) is 21.5. The van der Waals surface area contributed by atoms with E-state index in [1.165, 1.54) is 11.3 Å². The number of benzene rings is 2. The molecule has 32 heavy (non-hydrogen) atoms. The Kier molecular flexibility index (Phi) is 6.78. The van der Waals surface area contributed by atoms with Gasteiger partial charge in [0.15, 0.2) is 11.7 Å². The maximum absolute atomic E-state index is 12.5. The predicted octanol–water partition coefficient (Wildman–Crippen LogP) is 5.15. The van der Waals surface area contributed by atoms with Gasteiger partial charge in [-0.05, 0) is 47.8 Å². The van der Waals surface area contributed by atoms with Gasteiger partial charge in [-0.3, -0.25) is 14.9 Å². The molecule has 4 rings (SSSR count). The van der Waals surface area contributed by atoms with Crippen molar-refractivity contribution in [2.24, 2.45) is 0 Å². The molecule has 4 aromatic rings. The van der Waals surface area contributed by atoms with E-state index in [1.807, 2.05) is 22.9 Å². The van der Waals surface area contributed by atoms with E-state index in [-0.39, 0.29) is 18.4 Å². The lowest BCUT2D eigenvalue weighted by molar-refractivity contribution is -0.118. The summed E-state index contributed by atoms with van der Waals surface area (Å²) in [7, 11) is 1.56. The standard InChI is InChI=1S/C23H19N3O4S2/c1-29-18-5-2-4-16(12-18)24-21(27)13-30-17-9-7-15(8-10-17)22(28)26-23-25-19(14-32-23)20-6-3-11-31-20/h2-12,14H,13H2,1H3,(H,24,27)(H,25,26,28). The van der Waals surface area contributed by atoms with E-state index < -0.39 is 0 Å². The number of amides is 2. The minimum Gasteiger partial charge on any atom is -0.497 e. The number of anilines is 2. The van der Waals surface area contributed by atoms with Crippen LogP contribution in [0.5, 0.6) is 11.5 Å². The minimum atomic E-state index is -0.301. The van der Waals surface area contributed by atoms with Crippen molar-refractivity contribution in [2.75, 3.05) is 24.4 Å². The van der Waals surface area contributed by atoms with Crippen LogP contribution in [0.3, 0.4) is 0 Å². The SMILES string of the molecule is COc1cccc(NC(=O)COc2ccc(C(=O)Nc3nc(-c4cccs4)cs3)cc2)c1. The Bertz CT molecular complexity index is 1200. The molecule has 7 nitrogen and oxygen atoms in total. The first-order valence-corrected chi connectivity index (χ1v) is 11.3. The van der Waals surface area contributed by atoms with Crippen LogP contribution >= 0.6 is 22.7 Å². The zero-order chi connectivity index (χ0) is 22.3. The molecule has 0 unspecified atom stereocenters. The molecular formula is C23H19N3O4S2. The molecule has 162 valence electrons. The Labute approximate surface area is 192 Å². The molecule has 0 radical (unpaired) electrons. The van der Waals surface area contributed by atoms with Crippen molar-refractivity contribution < 1.29 is 19.1 Å². The van der Waals surface area contributed by atoms with Gasteiger partial charge in [0, 0.05) is 22.7 Å². The summed E-state index contributed by atoms with van der Waals surface area (Å²) in [5, 5.41) is 9.98. The monoisotopic (exact) mass is 465 g/mol. The molecular weight excluding hydrogens is 446 g/mol. The quantitative estimate of drug-likeness (QED) is 0.376. The topological polar surface area (TPSA) is 89.5 Å². The number of rotatable bonds is 8. The average Bonchev–Trinajstić information content (AvgIpc) is 3.50. The van der Waals surface area contributed by atoms with Gasteiger partial charge in [0.1, 0.15) is 11.5 Å². The normalized spacial score (nSPS) is 10.4. The Morgan fingerprint density at radius 1 is 0.969 bits per heavy atom. The van der Waals surface area contributed by atoms with E-state index in [0.717, 1.165) is 10.6 Å². The summed E-state index contributed by atoms with van der Waals surface area (Å²) >= 11 is 2.97. The molecule has 2 N–H and O–H groups in total. The molecule has 9 heteroatoms. The molecule has 2 heterocycles. The second-order valence-corrected chi connectivity index (χ2v) is 8.37. The maximum atomic E-state index is 12.5. The second-order valence-electron chi connectivity index (χ2n) is 6.56. The third-order valence-corrected chi connectivity index (χ3v) is 5.99. The lowest BCUT2D eigenvalue weighted by atomic mass is 10.2. The van der Waals surface area contributed by atoms with Crippen molar-refractivity contribution in [2.45, 2.75) is 0 Å². The Morgan fingerprint density at radius 2 is 1.81 bits per heavy atom. The summed E-state index contributed by atoms with van der Waals surface area (Å²) in [4.78, 5) is 30.1. The first-order valence-electron chi connectivity index (χ1n) is 9.58.